The summed E-state index contributed by atoms with van der Waals surface area (Å²) in [7, 11) is 1.38. The Morgan fingerprint density at radius 2 is 1.87 bits per heavy atom. The van der Waals surface area contributed by atoms with Crippen LogP contribution in [0.15, 0.2) is 30.6 Å². The van der Waals surface area contributed by atoms with Gasteiger partial charge in [-0.05, 0) is 26.8 Å². The number of benzene rings is 1. The van der Waals surface area contributed by atoms with Crippen LogP contribution in [-0.4, -0.2) is 64.8 Å². The summed E-state index contributed by atoms with van der Waals surface area (Å²) in [5, 5.41) is 14.2. The van der Waals surface area contributed by atoms with Gasteiger partial charge in [0.05, 0.1) is 12.0 Å². The van der Waals surface area contributed by atoms with Gasteiger partial charge in [0, 0.05) is 50.1 Å². The van der Waals surface area contributed by atoms with Crippen molar-refractivity contribution in [3.8, 4) is 5.75 Å². The Labute approximate surface area is 180 Å². The van der Waals surface area contributed by atoms with E-state index >= 15 is 0 Å². The summed E-state index contributed by atoms with van der Waals surface area (Å²) in [6, 6.07) is 6.29. The lowest BCUT2D eigenvalue weighted by Gasteiger charge is -2.36. The number of hydrogen-bond donors (Lipinski definition) is 1. The van der Waals surface area contributed by atoms with E-state index in [1.807, 2.05) is 20.8 Å². The molecule has 1 aliphatic rings. The van der Waals surface area contributed by atoms with Gasteiger partial charge < -0.3 is 24.6 Å². The van der Waals surface area contributed by atoms with E-state index in [9.17, 15) is 14.9 Å². The molecule has 11 heteroatoms. The van der Waals surface area contributed by atoms with Crippen molar-refractivity contribution in [2.75, 3.05) is 43.5 Å². The average Bonchev–Trinajstić information content (AvgIpc) is 2.72. The van der Waals surface area contributed by atoms with Gasteiger partial charge in [0.1, 0.15) is 23.6 Å². The highest BCUT2D eigenvalue weighted by Crippen LogP contribution is 2.31. The van der Waals surface area contributed by atoms with Crippen molar-refractivity contribution in [1.82, 2.24) is 14.9 Å². The van der Waals surface area contributed by atoms with Crippen molar-refractivity contribution in [3.05, 3.63) is 40.7 Å². The van der Waals surface area contributed by atoms with E-state index in [-0.39, 0.29) is 17.5 Å². The monoisotopic (exact) mass is 430 g/mol. The number of nitro groups is 1. The van der Waals surface area contributed by atoms with Crippen molar-refractivity contribution >= 4 is 29.1 Å². The normalized spacial score (nSPS) is 14.2. The molecule has 0 bridgehead atoms. The van der Waals surface area contributed by atoms with E-state index in [1.54, 1.807) is 23.1 Å². The van der Waals surface area contributed by atoms with E-state index < -0.39 is 10.5 Å². The Hall–Kier alpha value is -3.63. The zero-order valence-corrected chi connectivity index (χ0v) is 18.0. The fourth-order valence-corrected chi connectivity index (χ4v) is 3.09. The fourth-order valence-electron chi connectivity index (χ4n) is 3.09. The Balaban J connectivity index is 1.65. The third-order valence-electron chi connectivity index (χ3n) is 4.56. The molecule has 31 heavy (non-hydrogen) atoms. The molecule has 1 aromatic carbocycles. The van der Waals surface area contributed by atoms with Crippen LogP contribution in [0.1, 0.15) is 20.8 Å². The first kappa shape index (κ1) is 22.1. The van der Waals surface area contributed by atoms with Gasteiger partial charge in [-0.3, -0.25) is 10.1 Å². The molecule has 166 valence electrons. The molecule has 11 nitrogen and oxygen atoms in total. The lowest BCUT2D eigenvalue weighted by Crippen LogP contribution is -2.50. The predicted molar refractivity (Wildman–Crippen MR) is 115 cm³/mol. The van der Waals surface area contributed by atoms with Gasteiger partial charge in [0.25, 0.3) is 0 Å². The quantitative estimate of drug-likeness (QED) is 0.562. The molecule has 0 spiro atoms. The number of hydrogen-bond acceptors (Lipinski definition) is 9. The molecule has 1 aliphatic heterocycles. The first-order valence-corrected chi connectivity index (χ1v) is 9.80. The molecular formula is C20H26N6O5. The van der Waals surface area contributed by atoms with E-state index in [0.717, 1.165) is 5.82 Å². The average molecular weight is 430 g/mol. The zero-order valence-electron chi connectivity index (χ0n) is 18.0. The third kappa shape index (κ3) is 5.71. The number of methoxy groups -OCH3 is 1. The van der Waals surface area contributed by atoms with Crippen molar-refractivity contribution in [3.63, 3.8) is 0 Å². The van der Waals surface area contributed by atoms with E-state index in [2.05, 4.69) is 20.2 Å². The number of nitrogens with zero attached hydrogens (tertiary/aromatic N) is 5. The van der Waals surface area contributed by atoms with Gasteiger partial charge in [-0.2, -0.15) is 0 Å². The molecule has 0 saturated carbocycles. The zero-order chi connectivity index (χ0) is 22.6. The molecule has 1 saturated heterocycles. The molecule has 2 aromatic rings. The first-order valence-electron chi connectivity index (χ1n) is 9.80. The van der Waals surface area contributed by atoms with Crippen LogP contribution in [0.4, 0.5) is 27.8 Å². The van der Waals surface area contributed by atoms with Gasteiger partial charge in [0.2, 0.25) is 0 Å². The summed E-state index contributed by atoms with van der Waals surface area (Å²) in [6.45, 7) is 7.82. The number of piperazine rings is 1. The molecule has 0 radical (unpaired) electrons. The maximum atomic E-state index is 12.2. The van der Waals surface area contributed by atoms with Crippen LogP contribution in [0.25, 0.3) is 0 Å². The topological polar surface area (TPSA) is 123 Å². The molecule has 1 amide bonds. The largest absolute Gasteiger partial charge is 0.490 e. The van der Waals surface area contributed by atoms with E-state index in [0.29, 0.717) is 37.7 Å². The maximum Gasteiger partial charge on any atom is 0.410 e. The van der Waals surface area contributed by atoms with Crippen LogP contribution in [0.3, 0.4) is 0 Å². The Kier molecular flexibility index (Phi) is 6.42. The number of carbonyl (C=O) groups is 1. The molecule has 0 unspecified atom stereocenters. The minimum Gasteiger partial charge on any atom is -0.490 e. The maximum absolute atomic E-state index is 12.2. The summed E-state index contributed by atoms with van der Waals surface area (Å²) in [5.41, 5.74) is -0.0386. The number of nitrogens with one attached hydrogen (secondary N) is 1. The standard InChI is InChI=1S/C20H26N6O5/c1-20(2,3)31-19(27)25-9-7-24(8-10-25)18-12-17(21-13-22-18)23-14-5-6-15(26(28)29)16(11-14)30-4/h5-6,11-13H,7-10H2,1-4H3,(H,21,22,23). The third-order valence-corrected chi connectivity index (χ3v) is 4.56. The smallest absolute Gasteiger partial charge is 0.410 e. The van der Waals surface area contributed by atoms with Crippen LogP contribution in [0.5, 0.6) is 5.75 Å². The van der Waals surface area contributed by atoms with Crippen LogP contribution in [-0.2, 0) is 4.74 Å². The highest BCUT2D eigenvalue weighted by molar-refractivity contribution is 5.69. The Morgan fingerprint density at radius 3 is 2.48 bits per heavy atom. The van der Waals surface area contributed by atoms with Crippen molar-refractivity contribution in [1.29, 1.82) is 0 Å². The second-order valence-electron chi connectivity index (χ2n) is 7.98. The second kappa shape index (κ2) is 9.02. The minimum atomic E-state index is -0.526. The number of rotatable bonds is 5. The molecule has 3 rings (SSSR count). The number of nitro benzene ring substituents is 1. The molecule has 1 aromatic heterocycles. The molecule has 1 N–H and O–H groups in total. The van der Waals surface area contributed by atoms with Gasteiger partial charge in [-0.15, -0.1) is 0 Å². The fraction of sp³-hybridized carbons (Fsp3) is 0.450. The number of carbonyl (C=O) groups excluding carboxylic acids is 1. The van der Waals surface area contributed by atoms with E-state index in [1.165, 1.54) is 19.5 Å². The summed E-state index contributed by atoms with van der Waals surface area (Å²) in [4.78, 5) is 35.1. The molecule has 1 fully saturated rings. The summed E-state index contributed by atoms with van der Waals surface area (Å²) < 4.78 is 10.5. The number of anilines is 3. The van der Waals surface area contributed by atoms with Crippen LogP contribution in [0.2, 0.25) is 0 Å². The van der Waals surface area contributed by atoms with Crippen molar-refractivity contribution < 1.29 is 19.2 Å². The van der Waals surface area contributed by atoms with Crippen molar-refractivity contribution in [2.24, 2.45) is 0 Å². The highest BCUT2D eigenvalue weighted by atomic mass is 16.6. The molecule has 2 heterocycles. The van der Waals surface area contributed by atoms with Gasteiger partial charge >= 0.3 is 11.8 Å². The Bertz CT molecular complexity index is 953. The van der Waals surface area contributed by atoms with Crippen LogP contribution in [0, 0.1) is 10.1 Å². The Morgan fingerprint density at radius 1 is 1.16 bits per heavy atom. The van der Waals surface area contributed by atoms with Gasteiger partial charge in [-0.1, -0.05) is 0 Å². The van der Waals surface area contributed by atoms with Crippen LogP contribution >= 0.6 is 0 Å². The lowest BCUT2D eigenvalue weighted by molar-refractivity contribution is -0.385. The first-order chi connectivity index (χ1) is 14.7. The van der Waals surface area contributed by atoms with Crippen molar-refractivity contribution in [2.45, 2.75) is 26.4 Å². The second-order valence-corrected chi connectivity index (χ2v) is 7.98. The van der Waals surface area contributed by atoms with Crippen LogP contribution < -0.4 is 15.0 Å². The molecule has 0 aliphatic carbocycles. The van der Waals surface area contributed by atoms with Gasteiger partial charge in [0.15, 0.2) is 5.75 Å². The summed E-state index contributed by atoms with van der Waals surface area (Å²) >= 11 is 0. The number of ether oxygens (including phenoxy) is 2. The summed E-state index contributed by atoms with van der Waals surface area (Å²) in [5.74, 6) is 1.41. The van der Waals surface area contributed by atoms with Gasteiger partial charge in [-0.25, -0.2) is 14.8 Å². The molecule has 0 atom stereocenters. The number of amides is 1. The lowest BCUT2D eigenvalue weighted by atomic mass is 10.2. The highest BCUT2D eigenvalue weighted by Gasteiger charge is 2.26. The molecular weight excluding hydrogens is 404 g/mol. The predicted octanol–water partition coefficient (Wildman–Crippen LogP) is 3.19. The minimum absolute atomic E-state index is 0.112. The van der Waals surface area contributed by atoms with E-state index in [4.69, 9.17) is 9.47 Å². The summed E-state index contributed by atoms with van der Waals surface area (Å²) in [6.07, 6.45) is 1.13. The number of aromatic nitrogens is 2. The SMILES string of the molecule is COc1cc(Nc2cc(N3CCN(C(=O)OC(C)(C)C)CC3)ncn2)ccc1[N+](=O)[O-].